The fourth-order valence-electron chi connectivity index (χ4n) is 2.29. The first kappa shape index (κ1) is 12.6. The Morgan fingerprint density at radius 2 is 2.05 bits per heavy atom. The van der Waals surface area contributed by atoms with Crippen LogP contribution in [0.4, 0.5) is 10.1 Å². The molecule has 1 N–H and O–H groups in total. The standard InChI is InChI=1S/C13H12BrFN2O2/c14-8-2-1-3-9(15)12(8)16-10-6-11(18)17(13(10)19)7-4-5-7/h1-3,7,10,16H,4-6H2. The van der Waals surface area contributed by atoms with Gasteiger partial charge in [-0.3, -0.25) is 14.5 Å². The highest BCUT2D eigenvalue weighted by atomic mass is 79.9. The molecule has 1 saturated heterocycles. The summed E-state index contributed by atoms with van der Waals surface area (Å²) in [4.78, 5) is 25.3. The van der Waals surface area contributed by atoms with E-state index in [9.17, 15) is 14.0 Å². The Morgan fingerprint density at radius 1 is 1.32 bits per heavy atom. The maximum Gasteiger partial charge on any atom is 0.252 e. The smallest absolute Gasteiger partial charge is 0.252 e. The Balaban J connectivity index is 1.81. The van der Waals surface area contributed by atoms with Gasteiger partial charge in [-0.25, -0.2) is 4.39 Å². The molecule has 2 fully saturated rings. The predicted octanol–water partition coefficient (Wildman–Crippen LogP) is 2.29. The summed E-state index contributed by atoms with van der Waals surface area (Å²) < 4.78 is 14.2. The predicted molar refractivity (Wildman–Crippen MR) is 71.0 cm³/mol. The van der Waals surface area contributed by atoms with Crippen molar-refractivity contribution >= 4 is 33.4 Å². The van der Waals surface area contributed by atoms with Crippen molar-refractivity contribution in [2.75, 3.05) is 5.32 Å². The lowest BCUT2D eigenvalue weighted by Crippen LogP contribution is -2.36. The van der Waals surface area contributed by atoms with E-state index in [1.165, 1.54) is 11.0 Å². The Hall–Kier alpha value is -1.43. The molecule has 0 bridgehead atoms. The van der Waals surface area contributed by atoms with E-state index in [1.807, 2.05) is 0 Å². The van der Waals surface area contributed by atoms with Gasteiger partial charge in [0.15, 0.2) is 0 Å². The second-order valence-electron chi connectivity index (χ2n) is 4.83. The molecule has 1 aliphatic heterocycles. The van der Waals surface area contributed by atoms with Gasteiger partial charge < -0.3 is 5.32 Å². The average molecular weight is 327 g/mol. The van der Waals surface area contributed by atoms with Crippen LogP contribution in [0.1, 0.15) is 19.3 Å². The third kappa shape index (κ3) is 2.25. The molecule has 6 heteroatoms. The molecule has 1 aliphatic carbocycles. The molecule has 0 radical (unpaired) electrons. The van der Waals surface area contributed by atoms with E-state index in [2.05, 4.69) is 21.2 Å². The van der Waals surface area contributed by atoms with Gasteiger partial charge in [0.05, 0.1) is 12.1 Å². The minimum atomic E-state index is -0.665. The summed E-state index contributed by atoms with van der Waals surface area (Å²) in [6.45, 7) is 0. The number of rotatable bonds is 3. The Kier molecular flexibility index (Phi) is 3.05. The normalized spacial score (nSPS) is 23.1. The number of amides is 2. The number of carbonyl (C=O) groups excluding carboxylic acids is 2. The van der Waals surface area contributed by atoms with Crippen LogP contribution in [0, 0.1) is 5.82 Å². The highest BCUT2D eigenvalue weighted by Crippen LogP contribution is 2.33. The van der Waals surface area contributed by atoms with Crippen molar-refractivity contribution in [1.82, 2.24) is 4.90 Å². The zero-order valence-electron chi connectivity index (χ0n) is 10.0. The van der Waals surface area contributed by atoms with Crippen molar-refractivity contribution < 1.29 is 14.0 Å². The highest BCUT2D eigenvalue weighted by Gasteiger charge is 2.46. The number of nitrogens with one attached hydrogen (secondary N) is 1. The van der Waals surface area contributed by atoms with Crippen LogP contribution in [0.15, 0.2) is 22.7 Å². The molecule has 3 rings (SSSR count). The molecule has 1 saturated carbocycles. The summed E-state index contributed by atoms with van der Waals surface area (Å²) in [6.07, 6.45) is 1.86. The SMILES string of the molecule is O=C1CC(Nc2c(F)cccc2Br)C(=O)N1C1CC1. The number of nitrogens with zero attached hydrogens (tertiary/aromatic N) is 1. The van der Waals surface area contributed by atoms with Crippen LogP contribution < -0.4 is 5.32 Å². The molecular formula is C13H12BrFN2O2. The van der Waals surface area contributed by atoms with Gasteiger partial charge in [0, 0.05) is 10.5 Å². The Morgan fingerprint density at radius 3 is 2.68 bits per heavy atom. The monoisotopic (exact) mass is 326 g/mol. The molecule has 100 valence electrons. The number of likely N-dealkylation sites (tertiary alicyclic amines) is 1. The van der Waals surface area contributed by atoms with E-state index in [4.69, 9.17) is 0 Å². The maximum absolute atomic E-state index is 13.7. The van der Waals surface area contributed by atoms with E-state index < -0.39 is 11.9 Å². The van der Waals surface area contributed by atoms with E-state index in [0.29, 0.717) is 4.47 Å². The number of para-hydroxylation sites is 1. The zero-order chi connectivity index (χ0) is 13.6. The van der Waals surface area contributed by atoms with Crippen LogP contribution in [0.2, 0.25) is 0 Å². The van der Waals surface area contributed by atoms with Crippen LogP contribution >= 0.6 is 15.9 Å². The number of anilines is 1. The summed E-state index contributed by atoms with van der Waals surface area (Å²) in [5.74, 6) is -0.861. The van der Waals surface area contributed by atoms with Crippen molar-refractivity contribution in [3.05, 3.63) is 28.5 Å². The van der Waals surface area contributed by atoms with Crippen LogP contribution in [0.3, 0.4) is 0 Å². The summed E-state index contributed by atoms with van der Waals surface area (Å²) in [5.41, 5.74) is 0.228. The molecule has 1 aromatic carbocycles. The topological polar surface area (TPSA) is 49.4 Å². The first-order chi connectivity index (χ1) is 9.08. The second kappa shape index (κ2) is 4.59. The fraction of sp³-hybridized carbons (Fsp3) is 0.385. The Labute approximate surface area is 118 Å². The van der Waals surface area contributed by atoms with Crippen molar-refractivity contribution in [3.8, 4) is 0 Å². The number of benzene rings is 1. The summed E-state index contributed by atoms with van der Waals surface area (Å²) in [5, 5.41) is 2.84. The van der Waals surface area contributed by atoms with Crippen LogP contribution in [0.5, 0.6) is 0 Å². The van der Waals surface area contributed by atoms with Crippen LogP contribution in [0.25, 0.3) is 0 Å². The molecule has 1 aromatic rings. The molecule has 1 unspecified atom stereocenters. The van der Waals surface area contributed by atoms with Gasteiger partial charge in [-0.2, -0.15) is 0 Å². The molecular weight excluding hydrogens is 315 g/mol. The number of hydrogen-bond acceptors (Lipinski definition) is 3. The number of hydrogen-bond donors (Lipinski definition) is 1. The lowest BCUT2D eigenvalue weighted by atomic mass is 10.2. The maximum atomic E-state index is 13.7. The molecule has 0 spiro atoms. The molecule has 2 aliphatic rings. The summed E-state index contributed by atoms with van der Waals surface area (Å²) in [7, 11) is 0. The largest absolute Gasteiger partial charge is 0.370 e. The molecule has 2 amide bonds. The third-order valence-electron chi connectivity index (χ3n) is 3.38. The van der Waals surface area contributed by atoms with Crippen LogP contribution in [-0.2, 0) is 9.59 Å². The van der Waals surface area contributed by atoms with Crippen molar-refractivity contribution in [2.45, 2.75) is 31.3 Å². The minimum absolute atomic E-state index is 0.0656. The molecule has 1 atom stereocenters. The second-order valence-corrected chi connectivity index (χ2v) is 5.69. The summed E-state index contributed by atoms with van der Waals surface area (Å²) >= 11 is 3.23. The number of carbonyl (C=O) groups is 2. The highest BCUT2D eigenvalue weighted by molar-refractivity contribution is 9.10. The summed E-state index contributed by atoms with van der Waals surface area (Å²) in [6, 6.07) is 3.97. The molecule has 0 aromatic heterocycles. The minimum Gasteiger partial charge on any atom is -0.370 e. The van der Waals surface area contributed by atoms with E-state index in [1.54, 1.807) is 12.1 Å². The van der Waals surface area contributed by atoms with E-state index >= 15 is 0 Å². The average Bonchev–Trinajstić information content (AvgIpc) is 3.13. The van der Waals surface area contributed by atoms with Gasteiger partial charge in [0.2, 0.25) is 5.91 Å². The molecule has 4 nitrogen and oxygen atoms in total. The van der Waals surface area contributed by atoms with Crippen molar-refractivity contribution in [2.24, 2.45) is 0 Å². The van der Waals surface area contributed by atoms with Gasteiger partial charge >= 0.3 is 0 Å². The first-order valence-corrected chi connectivity index (χ1v) is 6.93. The molecule has 19 heavy (non-hydrogen) atoms. The molecule has 1 heterocycles. The third-order valence-corrected chi connectivity index (χ3v) is 4.04. The number of imide groups is 1. The van der Waals surface area contributed by atoms with E-state index in [0.717, 1.165) is 12.8 Å². The number of halogens is 2. The Bertz CT molecular complexity index is 539. The van der Waals surface area contributed by atoms with Crippen LogP contribution in [-0.4, -0.2) is 28.8 Å². The quantitative estimate of drug-likeness (QED) is 0.867. The zero-order valence-corrected chi connectivity index (χ0v) is 11.6. The van der Waals surface area contributed by atoms with Crippen molar-refractivity contribution in [3.63, 3.8) is 0 Å². The lowest BCUT2D eigenvalue weighted by molar-refractivity contribution is -0.139. The van der Waals surface area contributed by atoms with Gasteiger partial charge in [-0.1, -0.05) is 6.07 Å². The van der Waals surface area contributed by atoms with Crippen molar-refractivity contribution in [1.29, 1.82) is 0 Å². The fourth-order valence-corrected chi connectivity index (χ4v) is 2.75. The first-order valence-electron chi connectivity index (χ1n) is 6.14. The van der Waals surface area contributed by atoms with Gasteiger partial charge in [-0.05, 0) is 40.9 Å². The lowest BCUT2D eigenvalue weighted by Gasteiger charge is -2.16. The van der Waals surface area contributed by atoms with E-state index in [-0.39, 0.29) is 30.0 Å². The van der Waals surface area contributed by atoms with Gasteiger partial charge in [0.25, 0.3) is 5.91 Å². The van der Waals surface area contributed by atoms with Gasteiger partial charge in [-0.15, -0.1) is 0 Å². The van der Waals surface area contributed by atoms with Gasteiger partial charge in [0.1, 0.15) is 11.9 Å².